The Morgan fingerprint density at radius 2 is 2.00 bits per heavy atom. The topological polar surface area (TPSA) is 73.1 Å². The molecule has 1 fully saturated rings. The van der Waals surface area contributed by atoms with Gasteiger partial charge in [-0.15, -0.1) is 21.5 Å². The number of ether oxygens (including phenoxy) is 1. The Labute approximate surface area is 194 Å². The van der Waals surface area contributed by atoms with Gasteiger partial charge in [0.25, 0.3) is 0 Å². The molecule has 5 rings (SSSR count). The molecule has 0 aliphatic carbocycles. The van der Waals surface area contributed by atoms with E-state index in [1.54, 1.807) is 18.4 Å². The van der Waals surface area contributed by atoms with Crippen LogP contribution in [0.15, 0.2) is 53.7 Å². The fraction of sp³-hybridized carbons (Fsp3) is 0.304. The molecular weight excluding hydrogens is 442 g/mol. The molecule has 2 aromatic carbocycles. The fourth-order valence-electron chi connectivity index (χ4n) is 4.03. The van der Waals surface area contributed by atoms with Crippen molar-refractivity contribution in [1.82, 2.24) is 24.6 Å². The number of rotatable bonds is 6. The maximum Gasteiger partial charge on any atom is 0.233 e. The number of nitrogens with zero attached hydrogens (tertiary/aromatic N) is 5. The van der Waals surface area contributed by atoms with Crippen molar-refractivity contribution in [1.29, 1.82) is 0 Å². The standard InChI is InChI=1S/C23H23N5O2S2/c1-15-25-26-23(28(15)16-9-11-17(30-2)12-10-16)31-14-21(29)27-13-5-7-19(27)22-24-18-6-3-4-8-20(18)32-22/h3-4,6,8-12,19H,5,7,13-14H2,1-2H3. The summed E-state index contributed by atoms with van der Waals surface area (Å²) in [5.74, 6) is 1.99. The predicted octanol–water partition coefficient (Wildman–Crippen LogP) is 4.65. The van der Waals surface area contributed by atoms with Crippen LogP contribution in [-0.2, 0) is 4.79 Å². The molecule has 1 saturated heterocycles. The summed E-state index contributed by atoms with van der Waals surface area (Å²) in [7, 11) is 1.64. The largest absolute Gasteiger partial charge is 0.497 e. The van der Waals surface area contributed by atoms with Crippen LogP contribution in [-0.4, -0.2) is 50.0 Å². The van der Waals surface area contributed by atoms with Crippen LogP contribution in [0.1, 0.15) is 29.7 Å². The van der Waals surface area contributed by atoms with E-state index in [2.05, 4.69) is 16.3 Å². The number of carbonyl (C=O) groups excluding carboxylic acids is 1. The lowest BCUT2D eigenvalue weighted by molar-refractivity contribution is -0.129. The quantitative estimate of drug-likeness (QED) is 0.386. The summed E-state index contributed by atoms with van der Waals surface area (Å²) in [4.78, 5) is 19.9. The third-order valence-electron chi connectivity index (χ3n) is 5.62. The van der Waals surface area contributed by atoms with Crippen molar-refractivity contribution in [3.8, 4) is 11.4 Å². The first-order valence-electron chi connectivity index (χ1n) is 10.5. The Morgan fingerprint density at radius 1 is 1.19 bits per heavy atom. The second kappa shape index (κ2) is 8.91. The van der Waals surface area contributed by atoms with Crippen LogP contribution < -0.4 is 4.74 Å². The summed E-state index contributed by atoms with van der Waals surface area (Å²) >= 11 is 3.11. The van der Waals surface area contributed by atoms with E-state index >= 15 is 0 Å². The number of fused-ring (bicyclic) bond motifs is 1. The van der Waals surface area contributed by atoms with Crippen molar-refractivity contribution in [2.45, 2.75) is 31.0 Å². The minimum Gasteiger partial charge on any atom is -0.497 e. The Bertz CT molecular complexity index is 1220. The average Bonchev–Trinajstić information content (AvgIpc) is 3.55. The highest BCUT2D eigenvalue weighted by atomic mass is 32.2. The summed E-state index contributed by atoms with van der Waals surface area (Å²) in [5, 5.41) is 10.3. The molecular formula is C23H23N5O2S2. The van der Waals surface area contributed by atoms with Crippen molar-refractivity contribution in [2.75, 3.05) is 19.4 Å². The zero-order valence-electron chi connectivity index (χ0n) is 17.9. The molecule has 4 aromatic rings. The van der Waals surface area contributed by atoms with Gasteiger partial charge in [-0.2, -0.15) is 0 Å². The van der Waals surface area contributed by atoms with Crippen LogP contribution in [0.4, 0.5) is 0 Å². The molecule has 164 valence electrons. The van der Waals surface area contributed by atoms with Gasteiger partial charge >= 0.3 is 0 Å². The lowest BCUT2D eigenvalue weighted by atomic mass is 10.2. The number of thioether (sulfide) groups is 1. The molecule has 0 radical (unpaired) electrons. The normalized spacial score (nSPS) is 16.1. The maximum atomic E-state index is 13.2. The van der Waals surface area contributed by atoms with Gasteiger partial charge in [-0.25, -0.2) is 4.98 Å². The second-order valence-corrected chi connectivity index (χ2v) is 9.62. The number of aryl methyl sites for hydroxylation is 1. The summed E-state index contributed by atoms with van der Waals surface area (Å²) in [6.45, 7) is 2.68. The third-order valence-corrected chi connectivity index (χ3v) is 7.67. The number of thiazole rings is 1. The molecule has 0 saturated carbocycles. The first-order valence-corrected chi connectivity index (χ1v) is 12.3. The van der Waals surface area contributed by atoms with E-state index in [1.165, 1.54) is 16.5 Å². The second-order valence-electron chi connectivity index (χ2n) is 7.62. The summed E-state index contributed by atoms with van der Waals surface area (Å²) in [6.07, 6.45) is 1.95. The fourth-order valence-corrected chi connectivity index (χ4v) is 6.03. The van der Waals surface area contributed by atoms with Crippen LogP contribution in [0.25, 0.3) is 15.9 Å². The molecule has 7 nitrogen and oxygen atoms in total. The highest BCUT2D eigenvalue weighted by Crippen LogP contribution is 2.37. The summed E-state index contributed by atoms with van der Waals surface area (Å²) in [5.41, 5.74) is 1.95. The Morgan fingerprint density at radius 3 is 2.78 bits per heavy atom. The van der Waals surface area contributed by atoms with Crippen LogP contribution >= 0.6 is 23.1 Å². The van der Waals surface area contributed by atoms with Crippen molar-refractivity contribution < 1.29 is 9.53 Å². The van der Waals surface area contributed by atoms with Gasteiger partial charge in [-0.1, -0.05) is 23.9 Å². The van der Waals surface area contributed by atoms with Crippen molar-refractivity contribution in [3.05, 3.63) is 59.4 Å². The van der Waals surface area contributed by atoms with E-state index in [-0.39, 0.29) is 11.9 Å². The number of hydrogen-bond acceptors (Lipinski definition) is 7. The number of hydrogen-bond donors (Lipinski definition) is 0. The zero-order chi connectivity index (χ0) is 22.1. The summed E-state index contributed by atoms with van der Waals surface area (Å²) < 4.78 is 8.38. The Balaban J connectivity index is 1.31. The van der Waals surface area contributed by atoms with E-state index in [1.807, 2.05) is 58.9 Å². The van der Waals surface area contributed by atoms with Crippen LogP contribution in [0.2, 0.25) is 0 Å². The molecule has 1 unspecified atom stereocenters. The molecule has 0 N–H and O–H groups in total. The molecule has 3 heterocycles. The number of carbonyl (C=O) groups is 1. The number of methoxy groups -OCH3 is 1. The lowest BCUT2D eigenvalue weighted by Gasteiger charge is -2.23. The molecule has 0 spiro atoms. The zero-order valence-corrected chi connectivity index (χ0v) is 19.5. The first kappa shape index (κ1) is 21.0. The van der Waals surface area contributed by atoms with Crippen molar-refractivity contribution in [2.24, 2.45) is 0 Å². The highest BCUT2D eigenvalue weighted by Gasteiger charge is 2.32. The third kappa shape index (κ3) is 3.98. The molecule has 9 heteroatoms. The van der Waals surface area contributed by atoms with Gasteiger partial charge in [-0.05, 0) is 56.2 Å². The van der Waals surface area contributed by atoms with Crippen LogP contribution in [0.5, 0.6) is 5.75 Å². The average molecular weight is 466 g/mol. The predicted molar refractivity (Wildman–Crippen MR) is 127 cm³/mol. The highest BCUT2D eigenvalue weighted by molar-refractivity contribution is 7.99. The van der Waals surface area contributed by atoms with Gasteiger partial charge in [0.05, 0.1) is 29.1 Å². The molecule has 1 amide bonds. The van der Waals surface area contributed by atoms with Crippen LogP contribution in [0.3, 0.4) is 0 Å². The SMILES string of the molecule is COc1ccc(-n2c(C)nnc2SCC(=O)N2CCCC2c2nc3ccccc3s2)cc1. The van der Waals surface area contributed by atoms with Crippen molar-refractivity contribution in [3.63, 3.8) is 0 Å². The van der Waals surface area contributed by atoms with E-state index in [0.717, 1.165) is 47.2 Å². The smallest absolute Gasteiger partial charge is 0.233 e. The Hall–Kier alpha value is -2.91. The van der Waals surface area contributed by atoms with E-state index in [9.17, 15) is 4.79 Å². The minimum absolute atomic E-state index is 0.0571. The molecule has 32 heavy (non-hydrogen) atoms. The van der Waals surface area contributed by atoms with Gasteiger partial charge in [0, 0.05) is 12.2 Å². The van der Waals surface area contributed by atoms with Gasteiger partial charge in [-0.3, -0.25) is 9.36 Å². The molecule has 1 aliphatic rings. The molecule has 1 atom stereocenters. The van der Waals surface area contributed by atoms with Gasteiger partial charge in [0.15, 0.2) is 5.16 Å². The van der Waals surface area contributed by atoms with E-state index in [0.29, 0.717) is 10.9 Å². The van der Waals surface area contributed by atoms with Gasteiger partial charge in [0.1, 0.15) is 16.6 Å². The number of aromatic nitrogens is 4. The van der Waals surface area contributed by atoms with Crippen LogP contribution in [0, 0.1) is 6.92 Å². The minimum atomic E-state index is 0.0571. The summed E-state index contributed by atoms with van der Waals surface area (Å²) in [6, 6.07) is 15.9. The number of para-hydroxylation sites is 1. The Kier molecular flexibility index (Phi) is 5.84. The molecule has 0 bridgehead atoms. The van der Waals surface area contributed by atoms with Gasteiger partial charge in [0.2, 0.25) is 5.91 Å². The monoisotopic (exact) mass is 465 g/mol. The van der Waals surface area contributed by atoms with Crippen molar-refractivity contribution >= 4 is 39.2 Å². The number of amides is 1. The number of benzene rings is 2. The molecule has 1 aliphatic heterocycles. The lowest BCUT2D eigenvalue weighted by Crippen LogP contribution is -2.32. The maximum absolute atomic E-state index is 13.2. The number of likely N-dealkylation sites (tertiary alicyclic amines) is 1. The van der Waals surface area contributed by atoms with E-state index in [4.69, 9.17) is 9.72 Å². The van der Waals surface area contributed by atoms with Gasteiger partial charge < -0.3 is 9.64 Å². The first-order chi connectivity index (χ1) is 15.6. The molecule has 2 aromatic heterocycles. The van der Waals surface area contributed by atoms with E-state index < -0.39 is 0 Å².